The van der Waals surface area contributed by atoms with Gasteiger partial charge in [-0.2, -0.15) is 0 Å². The van der Waals surface area contributed by atoms with Crippen molar-refractivity contribution in [3.63, 3.8) is 0 Å². The third-order valence-electron chi connectivity index (χ3n) is 2.93. The molecule has 1 saturated heterocycles. The summed E-state index contributed by atoms with van der Waals surface area (Å²) in [5, 5.41) is 9.37. The number of likely N-dealkylation sites (tertiary alicyclic amines) is 1. The molecule has 1 aromatic rings. The van der Waals surface area contributed by atoms with Crippen molar-refractivity contribution in [2.24, 2.45) is 0 Å². The molecule has 0 atom stereocenters. The number of halogens is 1. The average Bonchev–Trinajstić information content (AvgIpc) is 2.73. The first-order valence-corrected chi connectivity index (χ1v) is 6.25. The van der Waals surface area contributed by atoms with Crippen molar-refractivity contribution in [2.45, 2.75) is 19.3 Å². The first kappa shape index (κ1) is 11.0. The van der Waals surface area contributed by atoms with Crippen LogP contribution in [0, 0.1) is 0 Å². The van der Waals surface area contributed by atoms with Gasteiger partial charge in [0.05, 0.1) is 4.47 Å². The summed E-state index contributed by atoms with van der Waals surface area (Å²) in [5.74, 6) is 0.319. The van der Waals surface area contributed by atoms with Gasteiger partial charge in [-0.25, -0.2) is 0 Å². The molecule has 0 unspecified atom stereocenters. The van der Waals surface area contributed by atoms with E-state index in [4.69, 9.17) is 0 Å². The van der Waals surface area contributed by atoms with Gasteiger partial charge in [-0.05, 0) is 66.0 Å². The van der Waals surface area contributed by atoms with Crippen molar-refractivity contribution in [3.8, 4) is 5.75 Å². The molecule has 1 aliphatic heterocycles. The highest BCUT2D eigenvalue weighted by Gasteiger charge is 2.10. The molecule has 1 fully saturated rings. The zero-order valence-electron chi connectivity index (χ0n) is 8.75. The molecule has 1 aliphatic rings. The van der Waals surface area contributed by atoms with Gasteiger partial charge < -0.3 is 10.0 Å². The van der Waals surface area contributed by atoms with Crippen LogP contribution in [0.15, 0.2) is 22.7 Å². The summed E-state index contributed by atoms with van der Waals surface area (Å²) in [5.41, 5.74) is 1.28. The van der Waals surface area contributed by atoms with E-state index in [1.165, 1.54) is 31.5 Å². The molecule has 82 valence electrons. The fourth-order valence-corrected chi connectivity index (χ4v) is 2.43. The van der Waals surface area contributed by atoms with E-state index in [9.17, 15) is 5.11 Å². The lowest BCUT2D eigenvalue weighted by Crippen LogP contribution is -2.21. The van der Waals surface area contributed by atoms with E-state index >= 15 is 0 Å². The second-order valence-electron chi connectivity index (χ2n) is 4.08. The van der Waals surface area contributed by atoms with Gasteiger partial charge in [-0.15, -0.1) is 0 Å². The van der Waals surface area contributed by atoms with Gasteiger partial charge in [0.25, 0.3) is 0 Å². The highest BCUT2D eigenvalue weighted by molar-refractivity contribution is 9.10. The number of nitrogens with zero attached hydrogens (tertiary/aromatic N) is 1. The minimum atomic E-state index is 0.319. The molecule has 1 N–H and O–H groups in total. The Labute approximate surface area is 99.0 Å². The number of phenols is 1. The molecule has 0 aromatic heterocycles. The Bertz CT molecular complexity index is 334. The zero-order valence-corrected chi connectivity index (χ0v) is 10.3. The van der Waals surface area contributed by atoms with Crippen LogP contribution in [0.25, 0.3) is 0 Å². The summed E-state index contributed by atoms with van der Waals surface area (Å²) in [6.45, 7) is 3.63. The van der Waals surface area contributed by atoms with E-state index in [1.54, 1.807) is 6.07 Å². The molecule has 2 nitrogen and oxygen atoms in total. The number of rotatable bonds is 3. The maximum absolute atomic E-state index is 9.37. The standard InChI is InChI=1S/C12H16BrNO/c13-11-9-10(3-4-12(11)15)5-8-14-6-1-2-7-14/h3-4,9,15H,1-2,5-8H2. The summed E-state index contributed by atoms with van der Waals surface area (Å²) in [4.78, 5) is 2.50. The van der Waals surface area contributed by atoms with Crippen molar-refractivity contribution in [2.75, 3.05) is 19.6 Å². The zero-order chi connectivity index (χ0) is 10.7. The molecular formula is C12H16BrNO. The lowest BCUT2D eigenvalue weighted by molar-refractivity contribution is 0.343. The van der Waals surface area contributed by atoms with E-state index in [0.29, 0.717) is 5.75 Å². The Morgan fingerprint density at radius 2 is 2.00 bits per heavy atom. The smallest absolute Gasteiger partial charge is 0.129 e. The number of phenolic OH excluding ortho intramolecular Hbond substituents is 1. The van der Waals surface area contributed by atoms with Crippen molar-refractivity contribution >= 4 is 15.9 Å². The second-order valence-corrected chi connectivity index (χ2v) is 4.94. The molecular weight excluding hydrogens is 254 g/mol. The molecule has 3 heteroatoms. The molecule has 0 saturated carbocycles. The van der Waals surface area contributed by atoms with Gasteiger partial charge in [0.2, 0.25) is 0 Å². The van der Waals surface area contributed by atoms with Gasteiger partial charge in [0.1, 0.15) is 5.75 Å². The summed E-state index contributed by atoms with van der Waals surface area (Å²) in [6.07, 6.45) is 3.76. The van der Waals surface area contributed by atoms with E-state index in [2.05, 4.69) is 20.8 Å². The summed E-state index contributed by atoms with van der Waals surface area (Å²) in [6, 6.07) is 5.75. The normalized spacial score (nSPS) is 17.1. The van der Waals surface area contributed by atoms with E-state index in [0.717, 1.165) is 17.4 Å². The third kappa shape index (κ3) is 2.95. The van der Waals surface area contributed by atoms with Gasteiger partial charge in [-0.1, -0.05) is 6.07 Å². The van der Waals surface area contributed by atoms with Crippen molar-refractivity contribution < 1.29 is 5.11 Å². The molecule has 15 heavy (non-hydrogen) atoms. The van der Waals surface area contributed by atoms with Crippen LogP contribution in [0.1, 0.15) is 18.4 Å². The van der Waals surface area contributed by atoms with Crippen LogP contribution in [-0.4, -0.2) is 29.6 Å². The number of hydrogen-bond acceptors (Lipinski definition) is 2. The minimum absolute atomic E-state index is 0.319. The Kier molecular flexibility index (Phi) is 3.65. The Balaban J connectivity index is 1.90. The molecule has 0 amide bonds. The molecule has 0 radical (unpaired) electrons. The fraction of sp³-hybridized carbons (Fsp3) is 0.500. The van der Waals surface area contributed by atoms with Crippen LogP contribution in [0.3, 0.4) is 0 Å². The molecule has 0 bridgehead atoms. The van der Waals surface area contributed by atoms with Gasteiger partial charge in [-0.3, -0.25) is 0 Å². The first-order chi connectivity index (χ1) is 7.25. The van der Waals surface area contributed by atoms with Crippen molar-refractivity contribution in [3.05, 3.63) is 28.2 Å². The molecule has 0 aliphatic carbocycles. The quantitative estimate of drug-likeness (QED) is 0.913. The Morgan fingerprint density at radius 3 is 2.67 bits per heavy atom. The number of hydrogen-bond donors (Lipinski definition) is 1. The first-order valence-electron chi connectivity index (χ1n) is 5.45. The minimum Gasteiger partial charge on any atom is -0.507 e. The topological polar surface area (TPSA) is 23.5 Å². The molecule has 2 rings (SSSR count). The lowest BCUT2D eigenvalue weighted by Gasteiger charge is -2.14. The predicted molar refractivity (Wildman–Crippen MR) is 65.2 cm³/mol. The van der Waals surface area contributed by atoms with E-state index < -0.39 is 0 Å². The fourth-order valence-electron chi connectivity index (χ4n) is 2.00. The van der Waals surface area contributed by atoms with Crippen LogP contribution in [0.2, 0.25) is 0 Å². The number of aromatic hydroxyl groups is 1. The highest BCUT2D eigenvalue weighted by Crippen LogP contribution is 2.24. The van der Waals surface area contributed by atoms with Gasteiger partial charge in [0.15, 0.2) is 0 Å². The van der Waals surface area contributed by atoms with Crippen LogP contribution in [-0.2, 0) is 6.42 Å². The number of benzene rings is 1. The maximum Gasteiger partial charge on any atom is 0.129 e. The largest absolute Gasteiger partial charge is 0.507 e. The molecule has 0 spiro atoms. The highest BCUT2D eigenvalue weighted by atomic mass is 79.9. The van der Waals surface area contributed by atoms with E-state index in [1.807, 2.05) is 12.1 Å². The predicted octanol–water partition coefficient (Wildman–Crippen LogP) is 2.79. The summed E-state index contributed by atoms with van der Waals surface area (Å²) < 4.78 is 0.793. The molecule has 1 aromatic carbocycles. The van der Waals surface area contributed by atoms with Crippen LogP contribution >= 0.6 is 15.9 Å². The van der Waals surface area contributed by atoms with Crippen molar-refractivity contribution in [1.29, 1.82) is 0 Å². The third-order valence-corrected chi connectivity index (χ3v) is 3.56. The van der Waals surface area contributed by atoms with Crippen LogP contribution < -0.4 is 0 Å². The lowest BCUT2D eigenvalue weighted by atomic mass is 10.1. The van der Waals surface area contributed by atoms with Crippen LogP contribution in [0.5, 0.6) is 5.75 Å². The van der Waals surface area contributed by atoms with Crippen LogP contribution in [0.4, 0.5) is 0 Å². The maximum atomic E-state index is 9.37. The van der Waals surface area contributed by atoms with Gasteiger partial charge in [0, 0.05) is 6.54 Å². The van der Waals surface area contributed by atoms with Crippen molar-refractivity contribution in [1.82, 2.24) is 4.90 Å². The van der Waals surface area contributed by atoms with E-state index in [-0.39, 0.29) is 0 Å². The Morgan fingerprint density at radius 1 is 1.27 bits per heavy atom. The average molecular weight is 270 g/mol. The summed E-state index contributed by atoms with van der Waals surface area (Å²) in [7, 11) is 0. The summed E-state index contributed by atoms with van der Waals surface area (Å²) >= 11 is 3.34. The SMILES string of the molecule is Oc1ccc(CCN2CCCC2)cc1Br. The Hall–Kier alpha value is -0.540. The van der Waals surface area contributed by atoms with Gasteiger partial charge >= 0.3 is 0 Å². The monoisotopic (exact) mass is 269 g/mol. The molecule has 1 heterocycles. The second kappa shape index (κ2) is 4.99.